The highest BCUT2D eigenvalue weighted by atomic mass is 19.4. The van der Waals surface area contributed by atoms with Crippen molar-refractivity contribution >= 4 is 11.9 Å². The Balaban J connectivity index is 0.000000761. The molecule has 1 saturated heterocycles. The third kappa shape index (κ3) is 13.3. The van der Waals surface area contributed by atoms with E-state index in [9.17, 15) is 26.3 Å². The van der Waals surface area contributed by atoms with Crippen LogP contribution in [-0.4, -0.2) is 98.9 Å². The molecule has 9 nitrogen and oxygen atoms in total. The second-order valence-corrected chi connectivity index (χ2v) is 7.74. The van der Waals surface area contributed by atoms with Crippen LogP contribution in [0, 0.1) is 0 Å². The molecule has 0 spiro atoms. The molecule has 15 heteroatoms. The molecule has 1 aromatic carbocycles. The van der Waals surface area contributed by atoms with Gasteiger partial charge in [-0.2, -0.15) is 26.3 Å². The molecule has 1 aliphatic rings. The Morgan fingerprint density at radius 1 is 0.865 bits per heavy atom. The van der Waals surface area contributed by atoms with E-state index >= 15 is 0 Å². The molecule has 214 valence electrons. The summed E-state index contributed by atoms with van der Waals surface area (Å²) < 4.78 is 79.8. The Hall–Kier alpha value is -2.94. The number of alkyl halides is 6. The summed E-state index contributed by atoms with van der Waals surface area (Å²) in [6.45, 7) is 5.50. The molecule has 1 aliphatic heterocycles. The number of methoxy groups -OCH3 is 3. The van der Waals surface area contributed by atoms with Crippen LogP contribution in [0.5, 0.6) is 17.2 Å². The predicted octanol–water partition coefficient (Wildman–Crippen LogP) is 3.90. The number of carbonyl (C=O) groups is 2. The van der Waals surface area contributed by atoms with Crippen molar-refractivity contribution in [2.75, 3.05) is 54.6 Å². The first-order valence-corrected chi connectivity index (χ1v) is 10.9. The molecule has 0 atom stereocenters. The smallest absolute Gasteiger partial charge is 0.490 e. The second kappa shape index (κ2) is 16.0. The molecule has 0 aromatic heterocycles. The fraction of sp³-hybridized carbons (Fsp3) is 0.636. The number of halogens is 6. The van der Waals surface area contributed by atoms with E-state index in [0.29, 0.717) is 11.5 Å². The normalized spacial score (nSPS) is 14.0. The van der Waals surface area contributed by atoms with E-state index in [-0.39, 0.29) is 0 Å². The first kappa shape index (κ1) is 34.1. The van der Waals surface area contributed by atoms with Crippen molar-refractivity contribution in [2.24, 2.45) is 0 Å². The van der Waals surface area contributed by atoms with Crippen molar-refractivity contribution in [3.05, 3.63) is 17.7 Å². The van der Waals surface area contributed by atoms with Crippen molar-refractivity contribution in [1.82, 2.24) is 9.80 Å². The van der Waals surface area contributed by atoms with Crippen LogP contribution in [0.3, 0.4) is 0 Å². The summed E-state index contributed by atoms with van der Waals surface area (Å²) in [5, 5.41) is 14.2. The summed E-state index contributed by atoms with van der Waals surface area (Å²) in [5.74, 6) is -3.39. The average Bonchev–Trinajstić information content (AvgIpc) is 2.82. The van der Waals surface area contributed by atoms with Gasteiger partial charge in [-0.25, -0.2) is 9.59 Å². The summed E-state index contributed by atoms with van der Waals surface area (Å²) >= 11 is 0. The first-order chi connectivity index (χ1) is 17.1. The molecule has 2 rings (SSSR count). The number of rotatable bonds is 8. The molecule has 37 heavy (non-hydrogen) atoms. The van der Waals surface area contributed by atoms with Gasteiger partial charge in [-0.15, -0.1) is 0 Å². The first-order valence-electron chi connectivity index (χ1n) is 10.9. The number of carboxylic acids is 2. The van der Waals surface area contributed by atoms with E-state index in [1.165, 1.54) is 32.4 Å². The number of ether oxygens (including phenoxy) is 3. The third-order valence-corrected chi connectivity index (χ3v) is 4.96. The largest absolute Gasteiger partial charge is 0.493 e. The van der Waals surface area contributed by atoms with Crippen LogP contribution in [0.15, 0.2) is 12.1 Å². The van der Waals surface area contributed by atoms with Gasteiger partial charge in [-0.1, -0.05) is 12.5 Å². The maximum Gasteiger partial charge on any atom is 0.490 e. The molecule has 2 N–H and O–H groups in total. The van der Waals surface area contributed by atoms with Gasteiger partial charge >= 0.3 is 24.3 Å². The Labute approximate surface area is 210 Å². The number of likely N-dealkylation sites (tertiary alicyclic amines) is 1. The van der Waals surface area contributed by atoms with Gasteiger partial charge in [0.15, 0.2) is 11.5 Å². The summed E-state index contributed by atoms with van der Waals surface area (Å²) in [7, 11) is 7.11. The zero-order chi connectivity index (χ0) is 28.8. The molecule has 1 fully saturated rings. The Bertz CT molecular complexity index is 820. The van der Waals surface area contributed by atoms with E-state index in [2.05, 4.69) is 22.9 Å². The third-order valence-electron chi connectivity index (χ3n) is 4.96. The van der Waals surface area contributed by atoms with Gasteiger partial charge in [-0.05, 0) is 39.0 Å². The van der Waals surface area contributed by atoms with Crippen LogP contribution < -0.4 is 14.2 Å². The Kier molecular flexibility index (Phi) is 14.7. The molecule has 1 heterocycles. The summed E-state index contributed by atoms with van der Waals surface area (Å²) in [4.78, 5) is 22.7. The minimum absolute atomic E-state index is 0.664. The van der Waals surface area contributed by atoms with Crippen molar-refractivity contribution in [3.63, 3.8) is 0 Å². The molecule has 0 saturated carbocycles. The SMILES string of the molecule is COc1ccc(CN(C)CCN2CCCCC2)c(OC)c1OC.O=C(O)C(F)(F)F.O=C(O)C(F)(F)F. The average molecular weight is 550 g/mol. The number of aliphatic carboxylic acids is 2. The lowest BCUT2D eigenvalue weighted by Crippen LogP contribution is -2.36. The van der Waals surface area contributed by atoms with Crippen molar-refractivity contribution in [2.45, 2.75) is 38.2 Å². The quantitative estimate of drug-likeness (QED) is 0.466. The fourth-order valence-corrected chi connectivity index (χ4v) is 3.15. The topological polar surface area (TPSA) is 109 Å². The van der Waals surface area contributed by atoms with Crippen LogP contribution in [0.2, 0.25) is 0 Å². The van der Waals surface area contributed by atoms with Crippen molar-refractivity contribution < 1.29 is 60.4 Å². The molecular formula is C22H32F6N2O7. The van der Waals surface area contributed by atoms with E-state index in [1.807, 2.05) is 6.07 Å². The molecule has 0 aliphatic carbocycles. The van der Waals surface area contributed by atoms with Crippen LogP contribution in [0.1, 0.15) is 24.8 Å². The van der Waals surface area contributed by atoms with Crippen LogP contribution in [0.25, 0.3) is 0 Å². The van der Waals surface area contributed by atoms with Gasteiger partial charge in [-0.3, -0.25) is 0 Å². The highest BCUT2D eigenvalue weighted by Gasteiger charge is 2.38. The molecule has 1 aromatic rings. The van der Waals surface area contributed by atoms with Gasteiger partial charge in [0.2, 0.25) is 5.75 Å². The van der Waals surface area contributed by atoms with Crippen LogP contribution in [0.4, 0.5) is 26.3 Å². The number of hydrogen-bond donors (Lipinski definition) is 2. The van der Waals surface area contributed by atoms with Gasteiger partial charge in [0.1, 0.15) is 0 Å². The van der Waals surface area contributed by atoms with E-state index in [1.54, 1.807) is 21.3 Å². The van der Waals surface area contributed by atoms with Crippen molar-refractivity contribution in [1.29, 1.82) is 0 Å². The molecule has 0 unspecified atom stereocenters. The summed E-state index contributed by atoms with van der Waals surface area (Å²) in [6.07, 6.45) is -6.10. The lowest BCUT2D eigenvalue weighted by Gasteiger charge is -2.28. The van der Waals surface area contributed by atoms with Crippen molar-refractivity contribution in [3.8, 4) is 17.2 Å². The second-order valence-electron chi connectivity index (χ2n) is 7.74. The fourth-order valence-electron chi connectivity index (χ4n) is 3.15. The Morgan fingerprint density at radius 3 is 1.70 bits per heavy atom. The minimum Gasteiger partial charge on any atom is -0.493 e. The number of carboxylic acid groups (broad SMARTS) is 2. The monoisotopic (exact) mass is 550 g/mol. The number of nitrogens with zero attached hydrogens (tertiary/aromatic N) is 2. The standard InChI is InChI=1S/C18H30N2O3.2C2HF3O2/c1-19(12-13-20-10-6-5-7-11-20)14-15-8-9-16(21-2)18(23-4)17(15)22-3;2*3-2(4,5)1(6)7/h8-9H,5-7,10-14H2,1-4H3;2*(H,6,7). The van der Waals surface area contributed by atoms with E-state index in [0.717, 1.165) is 30.9 Å². The zero-order valence-electron chi connectivity index (χ0n) is 20.9. The van der Waals surface area contributed by atoms with Gasteiger partial charge < -0.3 is 34.2 Å². The zero-order valence-corrected chi connectivity index (χ0v) is 20.9. The summed E-state index contributed by atoms with van der Waals surface area (Å²) in [5.41, 5.74) is 1.12. The highest BCUT2D eigenvalue weighted by Crippen LogP contribution is 2.40. The lowest BCUT2D eigenvalue weighted by atomic mass is 10.1. The highest BCUT2D eigenvalue weighted by molar-refractivity contribution is 5.73. The Morgan fingerprint density at radius 2 is 1.32 bits per heavy atom. The predicted molar refractivity (Wildman–Crippen MR) is 120 cm³/mol. The van der Waals surface area contributed by atoms with E-state index in [4.69, 9.17) is 34.0 Å². The van der Waals surface area contributed by atoms with E-state index < -0.39 is 24.3 Å². The number of piperidine rings is 1. The molecule has 0 amide bonds. The summed E-state index contributed by atoms with van der Waals surface area (Å²) in [6, 6.07) is 3.99. The number of likely N-dealkylation sites (N-methyl/N-ethyl adjacent to an activating group) is 1. The molecule has 0 radical (unpaired) electrons. The van der Waals surface area contributed by atoms with Crippen LogP contribution in [-0.2, 0) is 16.1 Å². The minimum atomic E-state index is -5.08. The maximum absolute atomic E-state index is 10.6. The lowest BCUT2D eigenvalue weighted by molar-refractivity contribution is -0.193. The van der Waals surface area contributed by atoms with Crippen LogP contribution >= 0.6 is 0 Å². The number of benzene rings is 1. The maximum atomic E-state index is 10.6. The van der Waals surface area contributed by atoms with Gasteiger partial charge in [0, 0.05) is 25.2 Å². The van der Waals surface area contributed by atoms with Gasteiger partial charge in [0.05, 0.1) is 21.3 Å². The molecule has 0 bridgehead atoms. The molecular weight excluding hydrogens is 518 g/mol. The number of hydrogen-bond acceptors (Lipinski definition) is 7. The van der Waals surface area contributed by atoms with Gasteiger partial charge in [0.25, 0.3) is 0 Å².